The topological polar surface area (TPSA) is 38.9 Å². The predicted molar refractivity (Wildman–Crippen MR) is 222 cm³/mol. The van der Waals surface area contributed by atoms with Crippen molar-refractivity contribution >= 4 is 39.6 Å². The Labute approximate surface area is 334 Å². The molecule has 8 rings (SSSR count). The molecule has 0 unspecified atom stereocenters. The molecule has 0 saturated heterocycles. The first-order valence-electron chi connectivity index (χ1n) is 19.3. The summed E-state index contributed by atoms with van der Waals surface area (Å²) in [6.07, 6.45) is 3.87. The third kappa shape index (κ3) is 8.16. The molecule has 5 heteroatoms. The van der Waals surface area contributed by atoms with Crippen molar-refractivity contribution in [3.8, 4) is 44.8 Å². The number of aryl methyl sites for hydroxylation is 2. The van der Waals surface area contributed by atoms with E-state index < -0.39 is 20.1 Å². The minimum atomic E-state index is -2.19. The number of fused-ring (bicyclic) bond motifs is 3. The van der Waals surface area contributed by atoms with E-state index in [0.29, 0.717) is 17.0 Å². The van der Waals surface area contributed by atoms with Crippen LogP contribution >= 0.6 is 0 Å². The number of aromatic nitrogens is 2. The molecule has 267 valence electrons. The van der Waals surface area contributed by atoms with Gasteiger partial charge < -0.3 is 9.40 Å². The molecule has 0 aliphatic carbocycles. The third-order valence-corrected chi connectivity index (χ3v) is 14.0. The van der Waals surface area contributed by atoms with Crippen LogP contribution in [0.2, 0.25) is 17.3 Å². The zero-order valence-electron chi connectivity index (χ0n) is 33.9. The average Bonchev–Trinajstić information content (AvgIpc) is 3.57. The van der Waals surface area contributed by atoms with Gasteiger partial charge in [0, 0.05) is 31.7 Å². The SMILES string of the molecule is CC(C)c1ccnc(-c2[c-]ccc3c2oc2cccc(-c4ccccc4)c23)c1.[2H]C([2H])([2H])c1c[c-]c(-c2cc(C)[c]([Ge]([CH3])([CH3])[CH3])cn2)cc1-c1ccccc1.[Ir]. The normalized spacial score (nSPS) is 12.4. The second-order valence-electron chi connectivity index (χ2n) is 14.5. The Morgan fingerprint density at radius 3 is 2.11 bits per heavy atom. The smallest absolute Gasteiger partial charge is 0 e. The molecule has 5 aromatic carbocycles. The van der Waals surface area contributed by atoms with Crippen molar-refractivity contribution in [3.05, 3.63) is 163 Å². The maximum absolute atomic E-state index is 7.87. The molecule has 3 nitrogen and oxygen atoms in total. The molecule has 0 aliphatic rings. The Morgan fingerprint density at radius 1 is 0.736 bits per heavy atom. The van der Waals surface area contributed by atoms with Crippen LogP contribution in [-0.2, 0) is 20.1 Å². The van der Waals surface area contributed by atoms with E-state index in [2.05, 4.69) is 115 Å². The summed E-state index contributed by atoms with van der Waals surface area (Å²) in [5, 5.41) is 2.24. The number of hydrogen-bond acceptors (Lipinski definition) is 3. The molecule has 1 radical (unpaired) electrons. The molecule has 53 heavy (non-hydrogen) atoms. The van der Waals surface area contributed by atoms with Gasteiger partial charge in [0.25, 0.3) is 0 Å². The van der Waals surface area contributed by atoms with Gasteiger partial charge in [0.15, 0.2) is 0 Å². The van der Waals surface area contributed by atoms with Crippen LogP contribution in [-0.4, -0.2) is 23.2 Å². The number of hydrogen-bond donors (Lipinski definition) is 0. The number of rotatable bonds is 6. The van der Waals surface area contributed by atoms with E-state index in [-0.39, 0.29) is 20.1 Å². The van der Waals surface area contributed by atoms with Crippen molar-refractivity contribution in [2.75, 3.05) is 0 Å². The molecular formula is C48H44GeIrN2O-2. The molecule has 3 heterocycles. The molecule has 0 N–H and O–H groups in total. The van der Waals surface area contributed by atoms with Crippen LogP contribution < -0.4 is 4.40 Å². The number of benzene rings is 5. The van der Waals surface area contributed by atoms with Crippen LogP contribution in [0.25, 0.3) is 66.7 Å². The van der Waals surface area contributed by atoms with Crippen molar-refractivity contribution in [1.82, 2.24) is 9.97 Å². The Hall–Kier alpha value is -4.61. The molecule has 3 aromatic heterocycles. The summed E-state index contributed by atoms with van der Waals surface area (Å²) in [6.45, 7) is 4.33. The first-order chi connectivity index (χ1) is 26.3. The van der Waals surface area contributed by atoms with Crippen molar-refractivity contribution in [3.63, 3.8) is 0 Å². The first-order valence-corrected chi connectivity index (χ1v) is 25.1. The van der Waals surface area contributed by atoms with Gasteiger partial charge in [-0.2, -0.15) is 0 Å². The molecule has 0 amide bonds. The van der Waals surface area contributed by atoms with Crippen molar-refractivity contribution in [2.24, 2.45) is 0 Å². The van der Waals surface area contributed by atoms with Crippen molar-refractivity contribution in [2.45, 2.75) is 50.8 Å². The van der Waals surface area contributed by atoms with Gasteiger partial charge in [0.2, 0.25) is 0 Å². The van der Waals surface area contributed by atoms with E-state index in [1.54, 1.807) is 6.07 Å². The van der Waals surface area contributed by atoms with Crippen LogP contribution in [0.15, 0.2) is 138 Å². The van der Waals surface area contributed by atoms with Crippen LogP contribution in [0.4, 0.5) is 0 Å². The van der Waals surface area contributed by atoms with Crippen molar-refractivity contribution < 1.29 is 28.6 Å². The van der Waals surface area contributed by atoms with Gasteiger partial charge in [-0.05, 0) is 34.9 Å². The first kappa shape index (κ1) is 34.2. The van der Waals surface area contributed by atoms with E-state index >= 15 is 0 Å². The van der Waals surface area contributed by atoms with E-state index in [9.17, 15) is 0 Å². The van der Waals surface area contributed by atoms with Gasteiger partial charge in [-0.1, -0.05) is 78.9 Å². The van der Waals surface area contributed by atoms with E-state index in [0.717, 1.165) is 50.0 Å². The Bertz CT molecular complexity index is 2610. The van der Waals surface area contributed by atoms with Gasteiger partial charge in [0.05, 0.1) is 5.58 Å². The standard InChI is InChI=1S/C26H20NO.C22H24GeN.Ir/c1-17(2)19-14-15-27-23(16-19)21-11-6-12-22-25-20(18-8-4-3-5-9-18)10-7-13-24(25)28-26(21)22;1-16-11-12-19(14-20(16)18-9-7-6-8-10-18)22-13-17(2)21(15-24-22)23(3,4)5;/h3-10,12-17H,1-2H3;6-11,13-15H,1-5H3;/q2*-1;/i;1D3;. The van der Waals surface area contributed by atoms with Crippen LogP contribution in [0.3, 0.4) is 0 Å². The van der Waals surface area contributed by atoms with Gasteiger partial charge in [-0.15, -0.1) is 18.2 Å². The number of pyridine rings is 2. The largest absolute Gasteiger partial charge is 0 e. The van der Waals surface area contributed by atoms with Crippen molar-refractivity contribution in [1.29, 1.82) is 0 Å². The fraction of sp³-hybridized carbons (Fsp3) is 0.167. The molecule has 0 spiro atoms. The molecular weight excluding hydrogens is 885 g/mol. The van der Waals surface area contributed by atoms with Crippen LogP contribution in [0, 0.1) is 25.9 Å². The zero-order chi connectivity index (χ0) is 38.9. The van der Waals surface area contributed by atoms with Crippen LogP contribution in [0.5, 0.6) is 0 Å². The summed E-state index contributed by atoms with van der Waals surface area (Å²) in [5.74, 6) is 7.51. The molecule has 0 saturated carbocycles. The summed E-state index contributed by atoms with van der Waals surface area (Å²) in [7, 11) is 0. The summed E-state index contributed by atoms with van der Waals surface area (Å²) < 4.78 is 31.3. The van der Waals surface area contributed by atoms with Gasteiger partial charge in [-0.25, -0.2) is 0 Å². The summed E-state index contributed by atoms with van der Waals surface area (Å²) in [5.41, 5.74) is 12.0. The fourth-order valence-corrected chi connectivity index (χ4v) is 10.3. The summed E-state index contributed by atoms with van der Waals surface area (Å²) >= 11 is -1.96. The van der Waals surface area contributed by atoms with E-state index in [4.69, 9.17) is 8.53 Å². The van der Waals surface area contributed by atoms with Gasteiger partial charge in [-0.3, -0.25) is 0 Å². The number of nitrogens with zero attached hydrogens (tertiary/aromatic N) is 2. The van der Waals surface area contributed by atoms with E-state index in [1.165, 1.54) is 26.6 Å². The minimum absolute atomic E-state index is 0. The number of furan rings is 1. The zero-order valence-corrected chi connectivity index (χ0v) is 35.4. The average molecular weight is 933 g/mol. The third-order valence-electron chi connectivity index (χ3n) is 9.48. The van der Waals surface area contributed by atoms with Crippen LogP contribution in [0.1, 0.15) is 40.6 Å². The second-order valence-corrected chi connectivity index (χ2v) is 25.1. The monoisotopic (exact) mass is 934 g/mol. The summed E-state index contributed by atoms with van der Waals surface area (Å²) in [4.78, 5) is 9.28. The summed E-state index contributed by atoms with van der Waals surface area (Å²) in [6, 6.07) is 46.7. The Balaban J connectivity index is 0.000000187. The van der Waals surface area contributed by atoms with Gasteiger partial charge in [0.1, 0.15) is 5.58 Å². The molecule has 8 aromatic rings. The van der Waals surface area contributed by atoms with Gasteiger partial charge >= 0.3 is 152 Å². The second kappa shape index (κ2) is 16.2. The maximum Gasteiger partial charge on any atom is 0 e. The predicted octanol–water partition coefficient (Wildman–Crippen LogP) is 12.6. The molecule has 0 fully saturated rings. The minimum Gasteiger partial charge on any atom is 0 e. The fourth-order valence-electron chi connectivity index (χ4n) is 6.77. The molecule has 0 bridgehead atoms. The molecule has 0 atom stereocenters. The van der Waals surface area contributed by atoms with E-state index in [1.807, 2.05) is 73.1 Å². The Kier molecular flexibility index (Phi) is 10.4. The maximum atomic E-state index is 7.87. The quantitative estimate of drug-likeness (QED) is 0.123. The molecule has 0 aliphatic heterocycles. The Morgan fingerprint density at radius 2 is 1.45 bits per heavy atom.